The number of fused-ring (bicyclic) bond motifs is 1. The van der Waals surface area contributed by atoms with Gasteiger partial charge in [0.2, 0.25) is 5.91 Å². The molecule has 0 saturated carbocycles. The van der Waals surface area contributed by atoms with Crippen LogP contribution in [0.4, 0.5) is 0 Å². The summed E-state index contributed by atoms with van der Waals surface area (Å²) < 4.78 is 1.32. The minimum Gasteiger partial charge on any atom is -0.353 e. The van der Waals surface area contributed by atoms with Crippen LogP contribution in [-0.2, 0) is 11.3 Å². The number of nitrogens with one attached hydrogen (secondary N) is 1. The van der Waals surface area contributed by atoms with E-state index in [1.54, 1.807) is 18.2 Å². The topological polar surface area (TPSA) is 67.2 Å². The number of hydrogen-bond donors (Lipinski definition) is 1. The van der Waals surface area contributed by atoms with Crippen LogP contribution in [0.3, 0.4) is 0 Å². The van der Waals surface area contributed by atoms with E-state index in [1.807, 2.05) is 49.3 Å². The smallest absolute Gasteiger partial charge is 0.261 e. The zero-order chi connectivity index (χ0) is 19.4. The van der Waals surface area contributed by atoms with Crippen molar-refractivity contribution in [2.75, 3.05) is 20.6 Å². The van der Waals surface area contributed by atoms with Crippen LogP contribution in [0, 0.1) is 0 Å². The first-order valence-electron chi connectivity index (χ1n) is 8.59. The van der Waals surface area contributed by atoms with Crippen molar-refractivity contribution in [2.45, 2.75) is 12.6 Å². The predicted octanol–water partition coefficient (Wildman–Crippen LogP) is 2.47. The molecule has 0 radical (unpaired) electrons. The van der Waals surface area contributed by atoms with Gasteiger partial charge in [0.25, 0.3) is 5.56 Å². The van der Waals surface area contributed by atoms with Crippen molar-refractivity contribution in [3.05, 3.63) is 75.8 Å². The van der Waals surface area contributed by atoms with Gasteiger partial charge >= 0.3 is 0 Å². The molecule has 0 aliphatic rings. The molecular weight excluding hydrogens is 364 g/mol. The molecule has 1 aromatic heterocycles. The normalized spacial score (nSPS) is 12.3. The highest BCUT2D eigenvalue weighted by molar-refractivity contribution is 6.31. The average Bonchev–Trinajstić information content (AvgIpc) is 2.65. The molecule has 140 valence electrons. The molecule has 0 bridgehead atoms. The maximum absolute atomic E-state index is 12.5. The number of hydrogen-bond acceptors (Lipinski definition) is 4. The molecule has 1 amide bonds. The molecule has 6 nitrogen and oxygen atoms in total. The largest absolute Gasteiger partial charge is 0.353 e. The standard InChI is InChI=1S/C20H21ClN4O2/c1-24(2)18(14-7-3-5-9-16(14)21)11-22-19(26)12-25-13-23-17-10-6-4-8-15(17)20(25)27/h3-10,13,18H,11-12H2,1-2H3,(H,22,26). The summed E-state index contributed by atoms with van der Waals surface area (Å²) in [7, 11) is 3.86. The quantitative estimate of drug-likeness (QED) is 0.709. The lowest BCUT2D eigenvalue weighted by Crippen LogP contribution is -2.38. The number of rotatable bonds is 6. The summed E-state index contributed by atoms with van der Waals surface area (Å²) >= 11 is 6.29. The fourth-order valence-electron chi connectivity index (χ4n) is 2.96. The van der Waals surface area contributed by atoms with Crippen molar-refractivity contribution in [3.63, 3.8) is 0 Å². The Hall–Kier alpha value is -2.70. The van der Waals surface area contributed by atoms with E-state index in [-0.39, 0.29) is 24.1 Å². The monoisotopic (exact) mass is 384 g/mol. The molecule has 1 atom stereocenters. The first-order chi connectivity index (χ1) is 13.0. The molecule has 3 rings (SSSR count). The Morgan fingerprint density at radius 2 is 1.89 bits per heavy atom. The van der Waals surface area contributed by atoms with Gasteiger partial charge in [0.15, 0.2) is 0 Å². The third-order valence-electron chi connectivity index (χ3n) is 4.43. The van der Waals surface area contributed by atoms with Crippen molar-refractivity contribution >= 4 is 28.4 Å². The average molecular weight is 385 g/mol. The van der Waals surface area contributed by atoms with Gasteiger partial charge in [0, 0.05) is 11.6 Å². The number of para-hydroxylation sites is 1. The first-order valence-corrected chi connectivity index (χ1v) is 8.97. The number of likely N-dealkylation sites (N-methyl/N-ethyl adjacent to an activating group) is 1. The van der Waals surface area contributed by atoms with Crippen LogP contribution >= 0.6 is 11.6 Å². The van der Waals surface area contributed by atoms with Gasteiger partial charge in [0.1, 0.15) is 6.54 Å². The molecule has 0 aliphatic heterocycles. The Morgan fingerprint density at radius 3 is 2.63 bits per heavy atom. The Labute approximate surface area is 162 Å². The molecule has 0 spiro atoms. The third kappa shape index (κ3) is 4.35. The Morgan fingerprint density at radius 1 is 1.19 bits per heavy atom. The summed E-state index contributed by atoms with van der Waals surface area (Å²) in [4.78, 5) is 31.1. The van der Waals surface area contributed by atoms with Crippen molar-refractivity contribution in [1.29, 1.82) is 0 Å². The number of aromatic nitrogens is 2. The van der Waals surface area contributed by atoms with E-state index in [4.69, 9.17) is 11.6 Å². The maximum Gasteiger partial charge on any atom is 0.261 e. The molecule has 0 aliphatic carbocycles. The van der Waals surface area contributed by atoms with Gasteiger partial charge in [-0.3, -0.25) is 14.2 Å². The van der Waals surface area contributed by atoms with E-state index in [1.165, 1.54) is 10.9 Å². The number of halogens is 1. The summed E-state index contributed by atoms with van der Waals surface area (Å²) in [6, 6.07) is 14.6. The van der Waals surface area contributed by atoms with Gasteiger partial charge in [-0.05, 0) is 37.9 Å². The number of benzene rings is 2. The van der Waals surface area contributed by atoms with Crippen molar-refractivity contribution < 1.29 is 4.79 Å². The van der Waals surface area contributed by atoms with Crippen molar-refractivity contribution in [3.8, 4) is 0 Å². The first kappa shape index (κ1) is 19.1. The SMILES string of the molecule is CN(C)C(CNC(=O)Cn1cnc2ccccc2c1=O)c1ccccc1Cl. The minimum absolute atomic E-state index is 0.0749. The molecular formula is C20H21ClN4O2. The lowest BCUT2D eigenvalue weighted by atomic mass is 10.1. The molecule has 27 heavy (non-hydrogen) atoms. The fourth-order valence-corrected chi connectivity index (χ4v) is 3.22. The van der Waals surface area contributed by atoms with Crippen LogP contribution in [-0.4, -0.2) is 41.0 Å². The highest BCUT2D eigenvalue weighted by atomic mass is 35.5. The zero-order valence-corrected chi connectivity index (χ0v) is 16.0. The van der Waals surface area contributed by atoms with Crippen LogP contribution in [0.15, 0.2) is 59.7 Å². The molecule has 0 saturated heterocycles. The van der Waals surface area contributed by atoms with E-state index in [9.17, 15) is 9.59 Å². The predicted molar refractivity (Wildman–Crippen MR) is 107 cm³/mol. The molecule has 1 heterocycles. The van der Waals surface area contributed by atoms with Crippen molar-refractivity contribution in [2.24, 2.45) is 0 Å². The van der Waals surface area contributed by atoms with Crippen LogP contribution in [0.2, 0.25) is 5.02 Å². The number of carbonyl (C=O) groups excluding carboxylic acids is 1. The highest BCUT2D eigenvalue weighted by Gasteiger charge is 2.18. The summed E-state index contributed by atoms with van der Waals surface area (Å²) in [6.07, 6.45) is 1.40. The molecule has 1 unspecified atom stereocenters. The molecule has 0 fully saturated rings. The molecule has 7 heteroatoms. The molecule has 1 N–H and O–H groups in total. The van der Waals surface area contributed by atoms with Gasteiger partial charge in [-0.2, -0.15) is 0 Å². The number of amides is 1. The lowest BCUT2D eigenvalue weighted by molar-refractivity contribution is -0.121. The third-order valence-corrected chi connectivity index (χ3v) is 4.77. The lowest BCUT2D eigenvalue weighted by Gasteiger charge is -2.26. The molecule has 2 aromatic carbocycles. The van der Waals surface area contributed by atoms with Crippen LogP contribution in [0.1, 0.15) is 11.6 Å². The summed E-state index contributed by atoms with van der Waals surface area (Å²) in [5.41, 5.74) is 1.32. The van der Waals surface area contributed by atoms with Crippen LogP contribution in [0.25, 0.3) is 10.9 Å². The summed E-state index contributed by atoms with van der Waals surface area (Å²) in [5, 5.41) is 4.04. The van der Waals surface area contributed by atoms with E-state index >= 15 is 0 Å². The van der Waals surface area contributed by atoms with E-state index in [2.05, 4.69) is 10.3 Å². The fraction of sp³-hybridized carbons (Fsp3) is 0.250. The van der Waals surface area contributed by atoms with Gasteiger partial charge in [-0.15, -0.1) is 0 Å². The minimum atomic E-state index is -0.256. The van der Waals surface area contributed by atoms with Crippen LogP contribution in [0.5, 0.6) is 0 Å². The van der Waals surface area contributed by atoms with Gasteiger partial charge < -0.3 is 10.2 Å². The van der Waals surface area contributed by atoms with E-state index < -0.39 is 0 Å². The maximum atomic E-state index is 12.5. The second kappa shape index (κ2) is 8.33. The number of nitrogens with zero attached hydrogens (tertiary/aromatic N) is 3. The second-order valence-corrected chi connectivity index (χ2v) is 6.91. The Bertz CT molecular complexity index is 1020. The Balaban J connectivity index is 1.71. The zero-order valence-electron chi connectivity index (χ0n) is 15.2. The van der Waals surface area contributed by atoms with Crippen molar-refractivity contribution in [1.82, 2.24) is 19.8 Å². The van der Waals surface area contributed by atoms with Gasteiger partial charge in [-0.1, -0.05) is 41.9 Å². The second-order valence-electron chi connectivity index (χ2n) is 6.50. The Kier molecular flexibility index (Phi) is 5.88. The van der Waals surface area contributed by atoms with Crippen LogP contribution < -0.4 is 10.9 Å². The van der Waals surface area contributed by atoms with E-state index in [0.717, 1.165) is 5.56 Å². The number of carbonyl (C=O) groups is 1. The molecule has 3 aromatic rings. The van der Waals surface area contributed by atoms with Gasteiger partial charge in [0.05, 0.1) is 23.3 Å². The van der Waals surface area contributed by atoms with E-state index in [0.29, 0.717) is 22.5 Å². The highest BCUT2D eigenvalue weighted by Crippen LogP contribution is 2.25. The summed E-state index contributed by atoms with van der Waals surface area (Å²) in [5.74, 6) is -0.256. The van der Waals surface area contributed by atoms with Gasteiger partial charge in [-0.25, -0.2) is 4.98 Å². The summed E-state index contributed by atoms with van der Waals surface area (Å²) in [6.45, 7) is 0.296.